The normalized spacial score (nSPS) is 19.6. The number of amides is 1. The van der Waals surface area contributed by atoms with Gasteiger partial charge in [0.1, 0.15) is 0 Å². The molecule has 3 heteroatoms. The first-order chi connectivity index (χ1) is 7.19. The summed E-state index contributed by atoms with van der Waals surface area (Å²) in [6.45, 7) is 15.2. The maximum atomic E-state index is 11.7. The molecule has 0 atom stereocenters. The molecule has 1 heterocycles. The minimum atomic E-state index is -0.186. The van der Waals surface area contributed by atoms with Crippen LogP contribution in [0.25, 0.3) is 0 Å². The molecule has 0 bridgehead atoms. The number of hydrogen-bond donors (Lipinski definition) is 0. The third kappa shape index (κ3) is 1.95. The molecule has 1 aliphatic rings. The van der Waals surface area contributed by atoms with E-state index >= 15 is 0 Å². The van der Waals surface area contributed by atoms with Gasteiger partial charge in [-0.2, -0.15) is 0 Å². The van der Waals surface area contributed by atoms with E-state index in [-0.39, 0.29) is 11.4 Å². The van der Waals surface area contributed by atoms with E-state index in [9.17, 15) is 4.79 Å². The van der Waals surface area contributed by atoms with Crippen LogP contribution in [0.3, 0.4) is 0 Å². The van der Waals surface area contributed by atoms with Gasteiger partial charge in [-0.25, -0.2) is 0 Å². The standard InChI is InChI=1S/C13H24N2O/c1-9(2)12-13(6,7)15(11(5)16)8-14(12)10(3)4/h10H,8H2,1-7H3. The summed E-state index contributed by atoms with van der Waals surface area (Å²) < 4.78 is 0. The van der Waals surface area contributed by atoms with E-state index < -0.39 is 0 Å². The lowest BCUT2D eigenvalue weighted by Crippen LogP contribution is -2.42. The monoisotopic (exact) mass is 224 g/mol. The molecule has 3 nitrogen and oxygen atoms in total. The maximum absolute atomic E-state index is 11.7. The summed E-state index contributed by atoms with van der Waals surface area (Å²) in [5.41, 5.74) is 2.40. The van der Waals surface area contributed by atoms with Crippen molar-refractivity contribution in [2.24, 2.45) is 0 Å². The molecule has 92 valence electrons. The van der Waals surface area contributed by atoms with Gasteiger partial charge in [0.15, 0.2) is 0 Å². The van der Waals surface area contributed by atoms with E-state index in [1.54, 1.807) is 6.92 Å². The van der Waals surface area contributed by atoms with Crippen molar-refractivity contribution in [3.05, 3.63) is 11.3 Å². The Balaban J connectivity index is 3.22. The minimum absolute atomic E-state index is 0.145. The Kier molecular flexibility index (Phi) is 3.36. The van der Waals surface area contributed by atoms with Crippen LogP contribution in [0, 0.1) is 0 Å². The van der Waals surface area contributed by atoms with Crippen LogP contribution in [0.15, 0.2) is 11.3 Å². The van der Waals surface area contributed by atoms with Crippen molar-refractivity contribution in [2.75, 3.05) is 6.67 Å². The van der Waals surface area contributed by atoms with Crippen molar-refractivity contribution in [2.45, 2.75) is 60.0 Å². The average Bonchev–Trinajstić information content (AvgIpc) is 2.36. The Morgan fingerprint density at radius 1 is 1.25 bits per heavy atom. The van der Waals surface area contributed by atoms with E-state index in [0.29, 0.717) is 12.7 Å². The fraction of sp³-hybridized carbons (Fsp3) is 0.769. The highest BCUT2D eigenvalue weighted by Crippen LogP contribution is 2.37. The van der Waals surface area contributed by atoms with Gasteiger partial charge in [0.2, 0.25) is 5.91 Å². The third-order valence-electron chi connectivity index (χ3n) is 3.31. The zero-order valence-corrected chi connectivity index (χ0v) is 11.6. The number of nitrogens with zero attached hydrogens (tertiary/aromatic N) is 2. The van der Waals surface area contributed by atoms with Crippen molar-refractivity contribution in [1.82, 2.24) is 9.80 Å². The summed E-state index contributed by atoms with van der Waals surface area (Å²) in [6.07, 6.45) is 0. The van der Waals surface area contributed by atoms with Gasteiger partial charge in [-0.1, -0.05) is 5.57 Å². The van der Waals surface area contributed by atoms with Crippen molar-refractivity contribution in [1.29, 1.82) is 0 Å². The SMILES string of the molecule is CC(=O)N1CN(C(C)C)C(=C(C)C)C1(C)C. The second kappa shape index (κ2) is 4.11. The summed E-state index contributed by atoms with van der Waals surface area (Å²) in [4.78, 5) is 15.9. The summed E-state index contributed by atoms with van der Waals surface area (Å²) >= 11 is 0. The van der Waals surface area contributed by atoms with Crippen LogP contribution in [-0.4, -0.2) is 34.0 Å². The van der Waals surface area contributed by atoms with Crippen LogP contribution < -0.4 is 0 Å². The fourth-order valence-corrected chi connectivity index (χ4v) is 2.69. The van der Waals surface area contributed by atoms with Gasteiger partial charge in [0, 0.05) is 18.7 Å². The van der Waals surface area contributed by atoms with Crippen molar-refractivity contribution in [3.63, 3.8) is 0 Å². The van der Waals surface area contributed by atoms with Gasteiger partial charge >= 0.3 is 0 Å². The molecule has 0 radical (unpaired) electrons. The molecule has 0 aromatic carbocycles. The molecule has 1 fully saturated rings. The Bertz CT molecular complexity index is 325. The third-order valence-corrected chi connectivity index (χ3v) is 3.31. The smallest absolute Gasteiger partial charge is 0.221 e. The molecule has 0 aromatic heterocycles. The van der Waals surface area contributed by atoms with Crippen LogP contribution in [0.1, 0.15) is 48.5 Å². The lowest BCUT2D eigenvalue weighted by atomic mass is 9.96. The maximum Gasteiger partial charge on any atom is 0.221 e. The van der Waals surface area contributed by atoms with Gasteiger partial charge in [-0.05, 0) is 41.5 Å². The number of rotatable bonds is 1. The van der Waals surface area contributed by atoms with E-state index in [1.165, 1.54) is 11.3 Å². The number of carbonyl (C=O) groups excluding carboxylic acids is 1. The van der Waals surface area contributed by atoms with Crippen LogP contribution in [-0.2, 0) is 4.79 Å². The zero-order chi connectivity index (χ0) is 12.7. The van der Waals surface area contributed by atoms with Crippen molar-refractivity contribution < 1.29 is 4.79 Å². The molecule has 16 heavy (non-hydrogen) atoms. The van der Waals surface area contributed by atoms with Gasteiger partial charge in [0.05, 0.1) is 12.2 Å². The molecule has 0 aliphatic carbocycles. The van der Waals surface area contributed by atoms with E-state index in [4.69, 9.17) is 0 Å². The second-order valence-electron chi connectivity index (χ2n) is 5.56. The van der Waals surface area contributed by atoms with Gasteiger partial charge in [-0.15, -0.1) is 0 Å². The molecular formula is C13H24N2O. The van der Waals surface area contributed by atoms with Gasteiger partial charge < -0.3 is 9.80 Å². The Labute approximate surface area is 99.1 Å². The highest BCUT2D eigenvalue weighted by atomic mass is 16.2. The molecule has 1 aliphatic heterocycles. The quantitative estimate of drug-likeness (QED) is 0.683. The number of hydrogen-bond acceptors (Lipinski definition) is 2. The van der Waals surface area contributed by atoms with E-state index in [0.717, 1.165) is 0 Å². The van der Waals surface area contributed by atoms with Crippen LogP contribution in [0.5, 0.6) is 0 Å². The molecule has 0 aromatic rings. The lowest BCUT2D eigenvalue weighted by Gasteiger charge is -2.31. The molecule has 1 saturated heterocycles. The predicted molar refractivity (Wildman–Crippen MR) is 66.8 cm³/mol. The summed E-state index contributed by atoms with van der Waals surface area (Å²) in [5.74, 6) is 0.145. The zero-order valence-electron chi connectivity index (χ0n) is 11.6. The molecular weight excluding hydrogens is 200 g/mol. The average molecular weight is 224 g/mol. The molecule has 0 unspecified atom stereocenters. The first kappa shape index (κ1) is 13.1. The highest BCUT2D eigenvalue weighted by Gasteiger charge is 2.44. The molecule has 1 rings (SSSR count). The van der Waals surface area contributed by atoms with Crippen molar-refractivity contribution in [3.8, 4) is 0 Å². The van der Waals surface area contributed by atoms with Crippen molar-refractivity contribution >= 4 is 5.91 Å². The molecule has 0 spiro atoms. The Hall–Kier alpha value is -0.990. The van der Waals surface area contributed by atoms with E-state index in [1.807, 2.05) is 4.90 Å². The Morgan fingerprint density at radius 2 is 1.75 bits per heavy atom. The first-order valence-electron chi connectivity index (χ1n) is 5.92. The van der Waals surface area contributed by atoms with Crippen LogP contribution >= 0.6 is 0 Å². The number of carbonyl (C=O) groups is 1. The largest absolute Gasteiger partial charge is 0.353 e. The molecule has 1 amide bonds. The Morgan fingerprint density at radius 3 is 2.00 bits per heavy atom. The van der Waals surface area contributed by atoms with Crippen LogP contribution in [0.2, 0.25) is 0 Å². The molecule has 0 N–H and O–H groups in total. The highest BCUT2D eigenvalue weighted by molar-refractivity contribution is 5.75. The summed E-state index contributed by atoms with van der Waals surface area (Å²) in [6, 6.07) is 0.425. The van der Waals surface area contributed by atoms with Crippen LogP contribution in [0.4, 0.5) is 0 Å². The predicted octanol–water partition coefficient (Wildman–Crippen LogP) is 2.59. The minimum Gasteiger partial charge on any atom is -0.353 e. The van der Waals surface area contributed by atoms with E-state index in [2.05, 4.69) is 46.4 Å². The van der Waals surface area contributed by atoms with Gasteiger partial charge in [-0.3, -0.25) is 4.79 Å². The molecule has 0 saturated carbocycles. The first-order valence-corrected chi connectivity index (χ1v) is 5.92. The number of allylic oxidation sites excluding steroid dienone is 1. The summed E-state index contributed by atoms with van der Waals surface area (Å²) in [5, 5.41) is 0. The fourth-order valence-electron chi connectivity index (χ4n) is 2.69. The summed E-state index contributed by atoms with van der Waals surface area (Å²) in [7, 11) is 0. The lowest BCUT2D eigenvalue weighted by molar-refractivity contribution is -0.132. The van der Waals surface area contributed by atoms with Gasteiger partial charge in [0.25, 0.3) is 0 Å². The topological polar surface area (TPSA) is 23.6 Å². The second-order valence-corrected chi connectivity index (χ2v) is 5.56.